The van der Waals surface area contributed by atoms with Gasteiger partial charge < -0.3 is 14.2 Å². The number of aryl methyl sites for hydroxylation is 2. The number of rotatable bonds is 10. The Kier molecular flexibility index (Phi) is 10.0. The van der Waals surface area contributed by atoms with Crippen LogP contribution in [0.15, 0.2) is 53.1 Å². The van der Waals surface area contributed by atoms with Crippen LogP contribution in [0.3, 0.4) is 0 Å². The zero-order valence-electron chi connectivity index (χ0n) is 24.7. The van der Waals surface area contributed by atoms with E-state index in [1.165, 1.54) is 16.7 Å². The van der Waals surface area contributed by atoms with E-state index in [9.17, 15) is 4.79 Å². The van der Waals surface area contributed by atoms with Gasteiger partial charge in [-0.25, -0.2) is 0 Å². The molecular weight excluding hydrogens is 472 g/mol. The van der Waals surface area contributed by atoms with Crippen LogP contribution in [0.1, 0.15) is 98.2 Å². The highest BCUT2D eigenvalue weighted by Crippen LogP contribution is 2.45. The summed E-state index contributed by atoms with van der Waals surface area (Å²) in [5.41, 5.74) is 9.73. The molecule has 2 aromatic carbocycles. The first-order chi connectivity index (χ1) is 18.1. The largest absolute Gasteiger partial charge is 0.496 e. The quantitative estimate of drug-likeness (QED) is 0.296. The minimum absolute atomic E-state index is 0.0467. The molecule has 38 heavy (non-hydrogen) atoms. The molecule has 1 unspecified atom stereocenters. The molecule has 3 rings (SSSR count). The second kappa shape index (κ2) is 13.0. The molecule has 1 aliphatic heterocycles. The van der Waals surface area contributed by atoms with Gasteiger partial charge >= 0.3 is 0 Å². The molecule has 0 radical (unpaired) electrons. The van der Waals surface area contributed by atoms with Crippen molar-refractivity contribution in [1.29, 1.82) is 0 Å². The maximum Gasteiger partial charge on any atom is 0.174 e. The van der Waals surface area contributed by atoms with Gasteiger partial charge in [-0.15, -0.1) is 0 Å². The molecule has 2 aromatic rings. The van der Waals surface area contributed by atoms with E-state index in [1.54, 1.807) is 14.2 Å². The summed E-state index contributed by atoms with van der Waals surface area (Å²) in [5.74, 6) is 2.15. The van der Waals surface area contributed by atoms with Crippen LogP contribution >= 0.6 is 0 Å². The number of hydrogen-bond acceptors (Lipinski definition) is 4. The van der Waals surface area contributed by atoms with Crippen molar-refractivity contribution in [3.8, 4) is 17.2 Å². The second-order valence-electron chi connectivity index (χ2n) is 10.9. The zero-order valence-corrected chi connectivity index (χ0v) is 24.7. The van der Waals surface area contributed by atoms with Crippen molar-refractivity contribution >= 4 is 5.78 Å². The molecule has 1 aliphatic rings. The molecule has 0 aromatic heterocycles. The number of fused-ring (bicyclic) bond motifs is 1. The summed E-state index contributed by atoms with van der Waals surface area (Å²) >= 11 is 0. The van der Waals surface area contributed by atoms with Crippen LogP contribution in [-0.4, -0.2) is 20.0 Å². The number of allylic oxidation sites excluding steroid dienone is 6. The Morgan fingerprint density at radius 1 is 0.895 bits per heavy atom. The third-order valence-corrected chi connectivity index (χ3v) is 7.20. The Hall–Kier alpha value is -3.27. The van der Waals surface area contributed by atoms with Gasteiger partial charge in [-0.05, 0) is 96.9 Å². The van der Waals surface area contributed by atoms with Crippen LogP contribution in [0.2, 0.25) is 0 Å². The van der Waals surface area contributed by atoms with E-state index in [2.05, 4.69) is 78.8 Å². The van der Waals surface area contributed by atoms with Crippen LogP contribution < -0.4 is 14.2 Å². The molecule has 0 bridgehead atoms. The van der Waals surface area contributed by atoms with Crippen LogP contribution in [0.25, 0.3) is 0 Å². The Morgan fingerprint density at radius 3 is 2.18 bits per heavy atom. The van der Waals surface area contributed by atoms with Gasteiger partial charge in [-0.2, -0.15) is 0 Å². The van der Waals surface area contributed by atoms with Gasteiger partial charge in [0.1, 0.15) is 28.9 Å². The van der Waals surface area contributed by atoms with E-state index in [0.717, 1.165) is 59.3 Å². The number of methoxy groups -OCH3 is 2. The minimum atomic E-state index is -0.383. The maximum absolute atomic E-state index is 13.6. The van der Waals surface area contributed by atoms with Gasteiger partial charge in [0.05, 0.1) is 20.6 Å². The lowest BCUT2D eigenvalue weighted by Crippen LogP contribution is -2.23. The highest BCUT2D eigenvalue weighted by Gasteiger charge is 2.34. The standard InChI is InChI=1S/C34H44O4/c1-21(2)11-10-12-23(5)14-17-28-27(18-15-24(6)33(28)36-8)30-20-29(35)32-31(38-30)19-25(7)26(34(32)37-9)16-13-22(3)4/h11,13-15,18-19,30H,10,12,16-17,20H2,1-9H3/b23-14+. The van der Waals surface area contributed by atoms with Crippen LogP contribution in [0.4, 0.5) is 0 Å². The first-order valence-electron chi connectivity index (χ1n) is 13.6. The molecule has 0 amide bonds. The van der Waals surface area contributed by atoms with Crippen molar-refractivity contribution in [3.63, 3.8) is 0 Å². The zero-order chi connectivity index (χ0) is 28.0. The summed E-state index contributed by atoms with van der Waals surface area (Å²) in [6, 6.07) is 6.14. The SMILES string of the molecule is COc1c(C)ccc(C2CC(=O)c3c(cc(C)c(CC=C(C)C)c3OC)O2)c1C/C=C(\C)CCC=C(C)C. The summed E-state index contributed by atoms with van der Waals surface area (Å²) in [7, 11) is 3.35. The molecule has 0 N–H and O–H groups in total. The monoisotopic (exact) mass is 516 g/mol. The Bertz CT molecular complexity index is 1270. The number of hydrogen-bond donors (Lipinski definition) is 0. The lowest BCUT2D eigenvalue weighted by molar-refractivity contribution is 0.0843. The molecule has 1 heterocycles. The number of ether oxygens (including phenoxy) is 3. The average molecular weight is 517 g/mol. The highest BCUT2D eigenvalue weighted by molar-refractivity contribution is 6.03. The molecule has 0 saturated heterocycles. The fourth-order valence-corrected chi connectivity index (χ4v) is 5.10. The predicted octanol–water partition coefficient (Wildman–Crippen LogP) is 8.77. The molecule has 4 heteroatoms. The summed E-state index contributed by atoms with van der Waals surface area (Å²) in [5, 5.41) is 0. The molecule has 0 fully saturated rings. The van der Waals surface area contributed by atoms with Crippen molar-refractivity contribution in [2.45, 2.75) is 86.7 Å². The summed E-state index contributed by atoms with van der Waals surface area (Å²) in [4.78, 5) is 13.6. The van der Waals surface area contributed by atoms with Gasteiger partial charge in [0, 0.05) is 11.1 Å². The number of carbonyl (C=O) groups is 1. The number of Topliss-reactive ketones (excluding diaryl/α,β-unsaturated/α-hetero) is 1. The van der Waals surface area contributed by atoms with E-state index in [-0.39, 0.29) is 18.3 Å². The number of benzene rings is 2. The van der Waals surface area contributed by atoms with E-state index in [0.29, 0.717) is 17.1 Å². The first-order valence-corrected chi connectivity index (χ1v) is 13.6. The summed E-state index contributed by atoms with van der Waals surface area (Å²) in [6.07, 6.45) is 10.1. The van der Waals surface area contributed by atoms with E-state index in [1.807, 2.05) is 6.07 Å². The molecule has 204 valence electrons. The van der Waals surface area contributed by atoms with Crippen molar-refractivity contribution < 1.29 is 19.0 Å². The van der Waals surface area contributed by atoms with E-state index >= 15 is 0 Å². The molecule has 1 atom stereocenters. The van der Waals surface area contributed by atoms with Crippen molar-refractivity contribution in [2.75, 3.05) is 14.2 Å². The van der Waals surface area contributed by atoms with E-state index < -0.39 is 0 Å². The second-order valence-corrected chi connectivity index (χ2v) is 10.9. The van der Waals surface area contributed by atoms with Crippen molar-refractivity contribution in [3.05, 3.63) is 86.5 Å². The van der Waals surface area contributed by atoms with Crippen molar-refractivity contribution in [1.82, 2.24) is 0 Å². The normalized spacial score (nSPS) is 14.9. The van der Waals surface area contributed by atoms with E-state index in [4.69, 9.17) is 14.2 Å². The topological polar surface area (TPSA) is 44.8 Å². The van der Waals surface area contributed by atoms with Gasteiger partial charge in [0.2, 0.25) is 0 Å². The molecule has 0 aliphatic carbocycles. The van der Waals surface area contributed by atoms with Gasteiger partial charge in [0.15, 0.2) is 5.78 Å². The van der Waals surface area contributed by atoms with Crippen LogP contribution in [0.5, 0.6) is 17.2 Å². The average Bonchev–Trinajstić information content (AvgIpc) is 2.85. The first kappa shape index (κ1) is 29.3. The smallest absolute Gasteiger partial charge is 0.174 e. The fourth-order valence-electron chi connectivity index (χ4n) is 5.10. The van der Waals surface area contributed by atoms with Gasteiger partial charge in [-0.3, -0.25) is 4.79 Å². The summed E-state index contributed by atoms with van der Waals surface area (Å²) < 4.78 is 18.2. The number of carbonyl (C=O) groups excluding carboxylic acids is 1. The third-order valence-electron chi connectivity index (χ3n) is 7.20. The Labute approximate surface area is 229 Å². The fraction of sp³-hybridized carbons (Fsp3) is 0.441. The van der Waals surface area contributed by atoms with Crippen molar-refractivity contribution in [2.24, 2.45) is 0 Å². The lowest BCUT2D eigenvalue weighted by atomic mass is 9.88. The third kappa shape index (κ3) is 6.78. The molecule has 0 saturated carbocycles. The Balaban J connectivity index is 2.00. The minimum Gasteiger partial charge on any atom is -0.496 e. The van der Waals surface area contributed by atoms with Gasteiger partial charge in [-0.1, -0.05) is 47.1 Å². The molecule has 0 spiro atoms. The molecule has 4 nitrogen and oxygen atoms in total. The van der Waals surface area contributed by atoms with Gasteiger partial charge in [0.25, 0.3) is 0 Å². The highest BCUT2D eigenvalue weighted by atomic mass is 16.5. The number of ketones is 1. The molecular formula is C34H44O4. The lowest BCUT2D eigenvalue weighted by Gasteiger charge is -2.30. The Morgan fingerprint density at radius 2 is 1.55 bits per heavy atom. The van der Waals surface area contributed by atoms with Crippen LogP contribution in [0, 0.1) is 13.8 Å². The van der Waals surface area contributed by atoms with Crippen LogP contribution in [-0.2, 0) is 12.8 Å². The predicted molar refractivity (Wildman–Crippen MR) is 157 cm³/mol. The summed E-state index contributed by atoms with van der Waals surface area (Å²) in [6.45, 7) is 14.7. The maximum atomic E-state index is 13.6.